The predicted molar refractivity (Wildman–Crippen MR) is 82.1 cm³/mol. The number of hydrogen-bond acceptors (Lipinski definition) is 3. The Morgan fingerprint density at radius 3 is 2.55 bits per heavy atom. The minimum Gasteiger partial charge on any atom is -0.490 e. The summed E-state index contributed by atoms with van der Waals surface area (Å²) >= 11 is 0. The topological polar surface area (TPSA) is 47.3 Å². The van der Waals surface area contributed by atoms with Gasteiger partial charge in [-0.25, -0.2) is 9.37 Å². The van der Waals surface area contributed by atoms with Gasteiger partial charge in [-0.05, 0) is 45.0 Å². The lowest BCUT2D eigenvalue weighted by Gasteiger charge is -2.30. The first-order valence-electron chi connectivity index (χ1n) is 6.92. The van der Waals surface area contributed by atoms with Gasteiger partial charge in [-0.1, -0.05) is 5.92 Å². The molecule has 116 valence electrons. The number of nitrogens with zero attached hydrogens (tertiary/aromatic N) is 2. The Morgan fingerprint density at radius 2 is 2.05 bits per heavy atom. The smallest absolute Gasteiger partial charge is 0.128 e. The maximum atomic E-state index is 12.9. The van der Waals surface area contributed by atoms with Gasteiger partial charge in [0.2, 0.25) is 0 Å². The van der Waals surface area contributed by atoms with E-state index in [1.807, 2.05) is 13.8 Å². The summed E-state index contributed by atoms with van der Waals surface area (Å²) in [5.74, 6) is 3.44. The first-order chi connectivity index (χ1) is 10.3. The molecule has 0 saturated heterocycles. The molecule has 0 amide bonds. The third kappa shape index (κ3) is 3.46. The predicted octanol–water partition coefficient (Wildman–Crippen LogP) is 2.64. The van der Waals surface area contributed by atoms with Crippen LogP contribution in [-0.4, -0.2) is 26.9 Å². The third-order valence-electron chi connectivity index (χ3n) is 3.41. The van der Waals surface area contributed by atoms with Crippen LogP contribution in [0.2, 0.25) is 0 Å². The van der Waals surface area contributed by atoms with Gasteiger partial charge in [0.1, 0.15) is 35.6 Å². The molecule has 0 saturated carbocycles. The maximum absolute atomic E-state index is 12.9. The van der Waals surface area contributed by atoms with E-state index in [1.165, 1.54) is 24.3 Å². The lowest BCUT2D eigenvalue weighted by Crippen LogP contribution is -2.41. The first-order valence-corrected chi connectivity index (χ1v) is 6.92. The molecule has 1 aromatic carbocycles. The second-order valence-corrected chi connectivity index (χ2v) is 5.51. The zero-order valence-electron chi connectivity index (χ0n) is 12.9. The average Bonchev–Trinajstić information content (AvgIpc) is 2.77. The van der Waals surface area contributed by atoms with Crippen LogP contribution in [0.15, 0.2) is 30.5 Å². The van der Waals surface area contributed by atoms with Crippen molar-refractivity contribution in [3.8, 4) is 18.1 Å². The summed E-state index contributed by atoms with van der Waals surface area (Å²) in [7, 11) is 0. The fourth-order valence-electron chi connectivity index (χ4n) is 2.30. The minimum atomic E-state index is -1.30. The summed E-state index contributed by atoms with van der Waals surface area (Å²) in [4.78, 5) is 4.30. The molecular formula is C17H19FN2O2. The molecule has 0 aliphatic carbocycles. The highest BCUT2D eigenvalue weighted by atomic mass is 19.1. The number of imidazole rings is 1. The molecule has 5 heteroatoms. The molecule has 0 spiro atoms. The number of aromatic nitrogens is 2. The van der Waals surface area contributed by atoms with Crippen LogP contribution in [0.3, 0.4) is 0 Å². The number of aryl methyl sites for hydroxylation is 2. The van der Waals surface area contributed by atoms with E-state index in [0.29, 0.717) is 5.75 Å². The first kappa shape index (κ1) is 16.1. The van der Waals surface area contributed by atoms with Gasteiger partial charge in [-0.3, -0.25) is 0 Å². The van der Waals surface area contributed by atoms with Gasteiger partial charge in [0, 0.05) is 6.20 Å². The minimum absolute atomic E-state index is 0.0236. The van der Waals surface area contributed by atoms with E-state index >= 15 is 0 Å². The lowest BCUT2D eigenvalue weighted by molar-refractivity contribution is -0.0160. The summed E-state index contributed by atoms with van der Waals surface area (Å²) in [6.07, 6.45) is 7.39. The number of rotatable bonds is 5. The van der Waals surface area contributed by atoms with Crippen LogP contribution < -0.4 is 4.74 Å². The molecule has 1 aromatic heterocycles. The van der Waals surface area contributed by atoms with Crippen LogP contribution in [0.4, 0.5) is 4.39 Å². The Bertz CT molecular complexity index is 684. The molecule has 2 rings (SSSR count). The Kier molecular flexibility index (Phi) is 4.53. The molecule has 0 fully saturated rings. The summed E-state index contributed by atoms with van der Waals surface area (Å²) in [6.45, 7) is 5.27. The summed E-state index contributed by atoms with van der Waals surface area (Å²) < 4.78 is 20.2. The molecule has 22 heavy (non-hydrogen) atoms. The number of hydrogen-bond donors (Lipinski definition) is 1. The summed E-state index contributed by atoms with van der Waals surface area (Å²) in [6, 6.07) is 4.98. The zero-order valence-corrected chi connectivity index (χ0v) is 12.9. The average molecular weight is 302 g/mol. The Labute approximate surface area is 129 Å². The monoisotopic (exact) mass is 302 g/mol. The van der Waals surface area contributed by atoms with Crippen molar-refractivity contribution in [3.63, 3.8) is 0 Å². The van der Waals surface area contributed by atoms with Crippen molar-refractivity contribution in [2.24, 2.45) is 0 Å². The highest BCUT2D eigenvalue weighted by Crippen LogP contribution is 2.25. The standard InChI is InChI=1S/C17H19FN2O2/c1-5-16(20-10-12(2)19-13(20)3)17(4,21)11-22-15-8-6-14(18)7-9-15/h1,6-10,16,21H,11H2,2-4H3. The van der Waals surface area contributed by atoms with E-state index < -0.39 is 11.6 Å². The zero-order chi connectivity index (χ0) is 16.3. The Hall–Kier alpha value is -2.32. The maximum Gasteiger partial charge on any atom is 0.128 e. The number of aliphatic hydroxyl groups is 1. The van der Waals surface area contributed by atoms with Crippen molar-refractivity contribution in [2.75, 3.05) is 6.61 Å². The van der Waals surface area contributed by atoms with Gasteiger partial charge in [-0.15, -0.1) is 6.42 Å². The van der Waals surface area contributed by atoms with Crippen LogP contribution in [0, 0.1) is 32.0 Å². The van der Waals surface area contributed by atoms with Crippen LogP contribution in [0.1, 0.15) is 24.5 Å². The summed E-state index contributed by atoms with van der Waals surface area (Å²) in [5, 5.41) is 10.7. The second-order valence-electron chi connectivity index (χ2n) is 5.51. The number of halogens is 1. The van der Waals surface area contributed by atoms with E-state index in [9.17, 15) is 9.50 Å². The van der Waals surface area contributed by atoms with Gasteiger partial charge in [0.15, 0.2) is 0 Å². The van der Waals surface area contributed by atoms with E-state index in [0.717, 1.165) is 11.5 Å². The quantitative estimate of drug-likeness (QED) is 0.864. The number of ether oxygens (including phenoxy) is 1. The number of benzene rings is 1. The van der Waals surface area contributed by atoms with E-state index in [-0.39, 0.29) is 12.4 Å². The van der Waals surface area contributed by atoms with Gasteiger partial charge >= 0.3 is 0 Å². The molecule has 2 unspecified atom stereocenters. The molecule has 2 aromatic rings. The Morgan fingerprint density at radius 1 is 1.41 bits per heavy atom. The number of terminal acetylenes is 1. The molecule has 0 aliphatic rings. The van der Waals surface area contributed by atoms with Crippen molar-refractivity contribution in [3.05, 3.63) is 47.8 Å². The molecule has 1 N–H and O–H groups in total. The van der Waals surface area contributed by atoms with Crippen molar-refractivity contribution in [2.45, 2.75) is 32.4 Å². The highest BCUT2D eigenvalue weighted by molar-refractivity contribution is 5.22. The van der Waals surface area contributed by atoms with Gasteiger partial charge in [0.05, 0.1) is 5.69 Å². The third-order valence-corrected chi connectivity index (χ3v) is 3.41. The molecule has 4 nitrogen and oxygen atoms in total. The molecule has 2 atom stereocenters. The normalized spacial score (nSPS) is 14.9. The molecule has 0 bridgehead atoms. The second kappa shape index (κ2) is 6.20. The van der Waals surface area contributed by atoms with Crippen molar-refractivity contribution in [1.82, 2.24) is 9.55 Å². The fourth-order valence-corrected chi connectivity index (χ4v) is 2.30. The van der Waals surface area contributed by atoms with Gasteiger partial charge in [0.25, 0.3) is 0 Å². The molecule has 0 aliphatic heterocycles. The van der Waals surface area contributed by atoms with Gasteiger partial charge in [-0.2, -0.15) is 0 Å². The van der Waals surface area contributed by atoms with Crippen LogP contribution in [0.25, 0.3) is 0 Å². The lowest BCUT2D eigenvalue weighted by atomic mass is 9.97. The van der Waals surface area contributed by atoms with Crippen LogP contribution in [0.5, 0.6) is 5.75 Å². The SMILES string of the molecule is C#CC(n1cc(C)nc1C)C(C)(O)COc1ccc(F)cc1. The van der Waals surface area contributed by atoms with Crippen LogP contribution >= 0.6 is 0 Å². The van der Waals surface area contributed by atoms with Crippen molar-refractivity contribution in [1.29, 1.82) is 0 Å². The van der Waals surface area contributed by atoms with E-state index in [2.05, 4.69) is 10.9 Å². The van der Waals surface area contributed by atoms with Crippen molar-refractivity contribution < 1.29 is 14.2 Å². The van der Waals surface area contributed by atoms with Crippen LogP contribution in [-0.2, 0) is 0 Å². The van der Waals surface area contributed by atoms with Crippen molar-refractivity contribution >= 4 is 0 Å². The molecule has 0 radical (unpaired) electrons. The van der Waals surface area contributed by atoms with Gasteiger partial charge < -0.3 is 14.4 Å². The highest BCUT2D eigenvalue weighted by Gasteiger charge is 2.34. The largest absolute Gasteiger partial charge is 0.490 e. The fraction of sp³-hybridized carbons (Fsp3) is 0.353. The van der Waals surface area contributed by atoms with E-state index in [1.54, 1.807) is 17.7 Å². The molecular weight excluding hydrogens is 283 g/mol. The van der Waals surface area contributed by atoms with E-state index in [4.69, 9.17) is 11.2 Å². The summed E-state index contributed by atoms with van der Waals surface area (Å²) in [5.41, 5.74) is -0.478. The Balaban J connectivity index is 2.15. The molecule has 1 heterocycles.